The highest BCUT2D eigenvalue weighted by molar-refractivity contribution is 7.13. The molecule has 0 saturated carbocycles. The van der Waals surface area contributed by atoms with E-state index in [9.17, 15) is 13.6 Å². The molecule has 4 rings (SSSR count). The third-order valence-corrected chi connectivity index (χ3v) is 6.07. The van der Waals surface area contributed by atoms with Crippen LogP contribution in [0.15, 0.2) is 23.6 Å². The van der Waals surface area contributed by atoms with Crippen LogP contribution < -0.4 is 5.32 Å². The van der Waals surface area contributed by atoms with Crippen molar-refractivity contribution >= 4 is 29.7 Å². The van der Waals surface area contributed by atoms with Crippen molar-refractivity contribution in [1.29, 1.82) is 0 Å². The molecule has 3 heterocycles. The minimum absolute atomic E-state index is 0. The smallest absolute Gasteiger partial charge is 0.273 e. The Morgan fingerprint density at radius 3 is 2.38 bits per heavy atom. The van der Waals surface area contributed by atoms with Crippen LogP contribution in [0.25, 0.3) is 10.6 Å². The van der Waals surface area contributed by atoms with Gasteiger partial charge in [-0.3, -0.25) is 4.79 Å². The standard InChI is InChI=1S/C18H19F2N3OS.ClH/c19-13-2-1-3-14(20)16(13)17-22-15(10-25-17)18(24)23-6-4-11-8-21-9-12(11)5-7-23;/h1-3,10-12,21H,4-9H2;1H/t11-,12+;. The van der Waals surface area contributed by atoms with Crippen LogP contribution in [-0.4, -0.2) is 42.0 Å². The average molecular weight is 400 g/mol. The van der Waals surface area contributed by atoms with Crippen molar-refractivity contribution in [2.24, 2.45) is 11.8 Å². The minimum atomic E-state index is -0.663. The topological polar surface area (TPSA) is 45.2 Å². The van der Waals surface area contributed by atoms with Crippen molar-refractivity contribution in [3.63, 3.8) is 0 Å². The van der Waals surface area contributed by atoms with Crippen molar-refractivity contribution in [3.05, 3.63) is 40.9 Å². The van der Waals surface area contributed by atoms with Crippen LogP contribution in [0, 0.1) is 23.5 Å². The van der Waals surface area contributed by atoms with Gasteiger partial charge in [0, 0.05) is 18.5 Å². The van der Waals surface area contributed by atoms with Gasteiger partial charge in [0.1, 0.15) is 22.3 Å². The number of carbonyl (C=O) groups excluding carboxylic acids is 1. The molecule has 26 heavy (non-hydrogen) atoms. The van der Waals surface area contributed by atoms with Gasteiger partial charge in [-0.2, -0.15) is 0 Å². The summed E-state index contributed by atoms with van der Waals surface area (Å²) in [7, 11) is 0. The fraction of sp³-hybridized carbons (Fsp3) is 0.444. The summed E-state index contributed by atoms with van der Waals surface area (Å²) < 4.78 is 27.8. The van der Waals surface area contributed by atoms with Crippen LogP contribution in [0.2, 0.25) is 0 Å². The van der Waals surface area contributed by atoms with E-state index < -0.39 is 11.6 Å². The van der Waals surface area contributed by atoms with E-state index in [1.165, 1.54) is 18.2 Å². The van der Waals surface area contributed by atoms with Gasteiger partial charge in [-0.15, -0.1) is 23.7 Å². The molecule has 2 fully saturated rings. The largest absolute Gasteiger partial charge is 0.337 e. The number of aromatic nitrogens is 1. The number of benzene rings is 1. The van der Waals surface area contributed by atoms with Gasteiger partial charge < -0.3 is 10.2 Å². The Hall–Kier alpha value is -1.57. The summed E-state index contributed by atoms with van der Waals surface area (Å²) in [6, 6.07) is 3.71. The van der Waals surface area contributed by atoms with Gasteiger partial charge in [0.05, 0.1) is 5.56 Å². The van der Waals surface area contributed by atoms with Crippen LogP contribution >= 0.6 is 23.7 Å². The van der Waals surface area contributed by atoms with E-state index in [1.807, 2.05) is 4.90 Å². The van der Waals surface area contributed by atoms with E-state index in [0.717, 1.165) is 37.3 Å². The quantitative estimate of drug-likeness (QED) is 0.839. The molecule has 2 atom stereocenters. The molecule has 1 N–H and O–H groups in total. The Morgan fingerprint density at radius 2 is 1.77 bits per heavy atom. The molecule has 1 aromatic heterocycles. The van der Waals surface area contributed by atoms with Gasteiger partial charge in [0.15, 0.2) is 0 Å². The molecular weight excluding hydrogens is 380 g/mol. The summed E-state index contributed by atoms with van der Waals surface area (Å²) in [5, 5.41) is 5.21. The Balaban J connectivity index is 0.00000196. The maximum Gasteiger partial charge on any atom is 0.273 e. The number of hydrogen-bond acceptors (Lipinski definition) is 4. The number of thiazole rings is 1. The molecule has 0 spiro atoms. The van der Waals surface area contributed by atoms with E-state index in [2.05, 4.69) is 10.3 Å². The molecule has 0 radical (unpaired) electrons. The van der Waals surface area contributed by atoms with Gasteiger partial charge >= 0.3 is 0 Å². The van der Waals surface area contributed by atoms with Crippen molar-refractivity contribution in [2.75, 3.05) is 26.2 Å². The molecule has 8 heteroatoms. The lowest BCUT2D eigenvalue weighted by atomic mass is 9.92. The molecule has 4 nitrogen and oxygen atoms in total. The molecule has 1 aromatic carbocycles. The summed E-state index contributed by atoms with van der Waals surface area (Å²) in [5.41, 5.74) is 0.107. The highest BCUT2D eigenvalue weighted by Crippen LogP contribution is 2.31. The zero-order valence-electron chi connectivity index (χ0n) is 14.1. The summed E-state index contributed by atoms with van der Waals surface area (Å²) in [5.74, 6) is -0.202. The van der Waals surface area contributed by atoms with Crippen LogP contribution in [0.5, 0.6) is 0 Å². The maximum absolute atomic E-state index is 13.9. The summed E-state index contributed by atoms with van der Waals surface area (Å²) >= 11 is 1.10. The lowest BCUT2D eigenvalue weighted by Gasteiger charge is -2.19. The predicted octanol–water partition coefficient (Wildman–Crippen LogP) is 3.58. The fourth-order valence-corrected chi connectivity index (χ4v) is 4.61. The number of fused-ring (bicyclic) bond motifs is 1. The highest BCUT2D eigenvalue weighted by atomic mass is 35.5. The molecular formula is C18H20ClF2N3OS. The number of hydrogen-bond donors (Lipinski definition) is 1. The lowest BCUT2D eigenvalue weighted by molar-refractivity contribution is 0.0753. The molecule has 2 aromatic rings. The molecule has 0 unspecified atom stereocenters. The first-order valence-electron chi connectivity index (χ1n) is 8.53. The monoisotopic (exact) mass is 399 g/mol. The Bertz CT molecular complexity index is 766. The van der Waals surface area contributed by atoms with Crippen LogP contribution in [-0.2, 0) is 0 Å². The van der Waals surface area contributed by atoms with Crippen molar-refractivity contribution < 1.29 is 13.6 Å². The maximum atomic E-state index is 13.9. The van der Waals surface area contributed by atoms with E-state index in [1.54, 1.807) is 5.38 Å². The van der Waals surface area contributed by atoms with Crippen LogP contribution in [0.1, 0.15) is 23.3 Å². The van der Waals surface area contributed by atoms with Gasteiger partial charge in [-0.1, -0.05) is 6.07 Å². The number of amides is 1. The Labute approximate surface area is 161 Å². The van der Waals surface area contributed by atoms with Gasteiger partial charge in [-0.05, 0) is 49.9 Å². The zero-order valence-corrected chi connectivity index (χ0v) is 15.7. The van der Waals surface area contributed by atoms with Crippen molar-refractivity contribution in [2.45, 2.75) is 12.8 Å². The first-order chi connectivity index (χ1) is 12.1. The Kier molecular flexibility index (Phi) is 5.89. The molecule has 1 amide bonds. The zero-order chi connectivity index (χ0) is 17.4. The van der Waals surface area contributed by atoms with Gasteiger partial charge in [-0.25, -0.2) is 13.8 Å². The predicted molar refractivity (Wildman–Crippen MR) is 99.7 cm³/mol. The number of likely N-dealkylation sites (tertiary alicyclic amines) is 1. The SMILES string of the molecule is Cl.O=C(c1csc(-c2c(F)cccc2F)n1)N1CC[C@@H]2CNC[C@@H]2CC1. The summed E-state index contributed by atoms with van der Waals surface area (Å²) in [6.07, 6.45) is 1.98. The minimum Gasteiger partial charge on any atom is -0.337 e. The molecule has 0 bridgehead atoms. The molecule has 2 saturated heterocycles. The second-order valence-corrected chi connectivity index (χ2v) is 7.54. The first-order valence-corrected chi connectivity index (χ1v) is 9.41. The number of carbonyl (C=O) groups is 1. The number of nitrogens with one attached hydrogen (secondary N) is 1. The van der Waals surface area contributed by atoms with E-state index in [-0.39, 0.29) is 34.6 Å². The average Bonchev–Trinajstić information content (AvgIpc) is 3.20. The van der Waals surface area contributed by atoms with Crippen molar-refractivity contribution in [1.82, 2.24) is 15.2 Å². The van der Waals surface area contributed by atoms with Gasteiger partial charge in [0.2, 0.25) is 0 Å². The summed E-state index contributed by atoms with van der Waals surface area (Å²) in [4.78, 5) is 18.8. The second kappa shape index (κ2) is 7.98. The molecule has 2 aliphatic heterocycles. The van der Waals surface area contributed by atoms with Gasteiger partial charge in [0.25, 0.3) is 5.91 Å². The third-order valence-electron chi connectivity index (χ3n) is 5.21. The second-order valence-electron chi connectivity index (χ2n) is 6.68. The van der Waals surface area contributed by atoms with Crippen LogP contribution in [0.4, 0.5) is 8.78 Å². The van der Waals surface area contributed by atoms with Crippen LogP contribution in [0.3, 0.4) is 0 Å². The molecule has 140 valence electrons. The normalized spacial score (nSPS) is 22.5. The van der Waals surface area contributed by atoms with E-state index >= 15 is 0 Å². The number of halogens is 3. The third kappa shape index (κ3) is 3.61. The highest BCUT2D eigenvalue weighted by Gasteiger charge is 2.32. The number of rotatable bonds is 2. The molecule has 2 aliphatic rings. The number of nitrogens with zero attached hydrogens (tertiary/aromatic N) is 2. The van der Waals surface area contributed by atoms with Crippen molar-refractivity contribution in [3.8, 4) is 10.6 Å². The van der Waals surface area contributed by atoms with E-state index in [4.69, 9.17) is 0 Å². The summed E-state index contributed by atoms with van der Waals surface area (Å²) in [6.45, 7) is 3.48. The molecule has 0 aliphatic carbocycles. The first kappa shape index (κ1) is 19.2. The Morgan fingerprint density at radius 1 is 1.15 bits per heavy atom. The van der Waals surface area contributed by atoms with E-state index in [0.29, 0.717) is 24.9 Å². The fourth-order valence-electron chi connectivity index (χ4n) is 3.77. The lowest BCUT2D eigenvalue weighted by Crippen LogP contribution is -2.33.